The average Bonchev–Trinajstić information content (AvgIpc) is 2.93. The van der Waals surface area contributed by atoms with Crippen LogP contribution in [-0.4, -0.2) is 38.6 Å². The van der Waals surface area contributed by atoms with E-state index in [9.17, 15) is 9.59 Å². The van der Waals surface area contributed by atoms with Crippen LogP contribution in [0.1, 0.15) is 28.7 Å². The summed E-state index contributed by atoms with van der Waals surface area (Å²) in [6, 6.07) is 11.1. The molecule has 1 amide bonds. The van der Waals surface area contributed by atoms with Crippen molar-refractivity contribution in [1.29, 1.82) is 0 Å². The third-order valence-corrected chi connectivity index (χ3v) is 3.34. The van der Waals surface area contributed by atoms with Crippen molar-refractivity contribution in [1.82, 2.24) is 15.1 Å². The Hall–Kier alpha value is -2.63. The van der Waals surface area contributed by atoms with Crippen molar-refractivity contribution < 1.29 is 14.7 Å². The van der Waals surface area contributed by atoms with E-state index in [-0.39, 0.29) is 12.5 Å². The number of rotatable bonds is 6. The van der Waals surface area contributed by atoms with Gasteiger partial charge in [-0.2, -0.15) is 5.10 Å². The summed E-state index contributed by atoms with van der Waals surface area (Å²) in [5.74, 6) is -1.85. The number of hydrogen-bond acceptors (Lipinski definition) is 3. The zero-order chi connectivity index (χ0) is 16.1. The third-order valence-electron chi connectivity index (χ3n) is 3.34. The largest absolute Gasteiger partial charge is 0.481 e. The fourth-order valence-electron chi connectivity index (χ4n) is 2.12. The van der Waals surface area contributed by atoms with Crippen LogP contribution in [0.4, 0.5) is 0 Å². The van der Waals surface area contributed by atoms with Crippen LogP contribution in [0.25, 0.3) is 0 Å². The minimum Gasteiger partial charge on any atom is -0.481 e. The van der Waals surface area contributed by atoms with Gasteiger partial charge in [-0.05, 0) is 18.6 Å². The molecule has 116 valence electrons. The average molecular weight is 301 g/mol. The number of carbonyl (C=O) groups excluding carboxylic acids is 1. The predicted octanol–water partition coefficient (Wildman–Crippen LogP) is 2.08. The van der Waals surface area contributed by atoms with E-state index in [1.807, 2.05) is 37.3 Å². The van der Waals surface area contributed by atoms with Gasteiger partial charge in [0, 0.05) is 18.8 Å². The first-order valence-corrected chi connectivity index (χ1v) is 7.05. The van der Waals surface area contributed by atoms with Crippen LogP contribution < -0.4 is 0 Å². The van der Waals surface area contributed by atoms with Gasteiger partial charge in [-0.3, -0.25) is 14.7 Å². The molecule has 2 rings (SSSR count). The van der Waals surface area contributed by atoms with Crippen molar-refractivity contribution in [2.75, 3.05) is 6.54 Å². The number of amides is 1. The third kappa shape index (κ3) is 3.94. The van der Waals surface area contributed by atoms with E-state index < -0.39 is 11.9 Å². The summed E-state index contributed by atoms with van der Waals surface area (Å²) in [5, 5.41) is 15.8. The first kappa shape index (κ1) is 15.8. The lowest BCUT2D eigenvalue weighted by Gasteiger charge is -2.24. The smallest absolute Gasteiger partial charge is 0.308 e. The maximum atomic E-state index is 12.6. The van der Waals surface area contributed by atoms with Crippen molar-refractivity contribution in [3.8, 4) is 0 Å². The van der Waals surface area contributed by atoms with Gasteiger partial charge in [0.05, 0.1) is 5.92 Å². The molecule has 1 atom stereocenters. The van der Waals surface area contributed by atoms with Crippen LogP contribution in [-0.2, 0) is 11.3 Å². The van der Waals surface area contributed by atoms with Gasteiger partial charge in [0.2, 0.25) is 0 Å². The molecule has 6 nitrogen and oxygen atoms in total. The number of carboxylic acid groups (broad SMARTS) is 1. The Morgan fingerprint density at radius 2 is 2.00 bits per heavy atom. The van der Waals surface area contributed by atoms with Gasteiger partial charge >= 0.3 is 5.97 Å². The summed E-state index contributed by atoms with van der Waals surface area (Å²) >= 11 is 0. The van der Waals surface area contributed by atoms with Crippen LogP contribution >= 0.6 is 0 Å². The lowest BCUT2D eigenvalue weighted by Crippen LogP contribution is -2.36. The number of nitrogens with zero attached hydrogens (tertiary/aromatic N) is 2. The zero-order valence-electron chi connectivity index (χ0n) is 12.6. The van der Waals surface area contributed by atoms with Gasteiger partial charge < -0.3 is 10.0 Å². The van der Waals surface area contributed by atoms with Crippen LogP contribution in [0.15, 0.2) is 36.4 Å². The van der Waals surface area contributed by atoms with Crippen LogP contribution in [0.5, 0.6) is 0 Å². The standard InChI is InChI=1S/C16H19N3O3/c1-11(16(21)22)9-19(10-13-6-4-3-5-7-13)15(20)14-8-12(2)17-18-14/h3-8,11H,9-10H2,1-2H3,(H,17,18)(H,21,22)/t11-/m0/s1. The number of aliphatic carboxylic acids is 1. The molecule has 0 aliphatic rings. The van der Waals surface area contributed by atoms with E-state index in [0.717, 1.165) is 11.3 Å². The number of benzene rings is 1. The van der Waals surface area contributed by atoms with E-state index in [1.54, 1.807) is 13.0 Å². The first-order chi connectivity index (χ1) is 10.5. The Morgan fingerprint density at radius 1 is 1.32 bits per heavy atom. The summed E-state index contributed by atoms with van der Waals surface area (Å²) in [6.45, 7) is 3.88. The minimum atomic E-state index is -0.927. The molecule has 0 saturated carbocycles. The molecule has 0 bridgehead atoms. The number of carboxylic acids is 1. The van der Waals surface area contributed by atoms with Crippen LogP contribution in [0, 0.1) is 12.8 Å². The van der Waals surface area contributed by atoms with Gasteiger partial charge in [-0.1, -0.05) is 37.3 Å². The van der Waals surface area contributed by atoms with Gasteiger partial charge in [-0.25, -0.2) is 0 Å². The number of hydrogen-bond donors (Lipinski definition) is 2. The molecule has 0 fully saturated rings. The molecule has 1 aromatic carbocycles. The number of nitrogens with one attached hydrogen (secondary N) is 1. The molecule has 1 heterocycles. The number of aromatic amines is 1. The minimum absolute atomic E-state index is 0.134. The summed E-state index contributed by atoms with van der Waals surface area (Å²) in [4.78, 5) is 25.2. The SMILES string of the molecule is Cc1cc(C(=O)N(Cc2ccccc2)C[C@H](C)C(=O)O)n[nH]1. The number of aromatic nitrogens is 2. The van der Waals surface area contributed by atoms with Crippen molar-refractivity contribution in [2.45, 2.75) is 20.4 Å². The topological polar surface area (TPSA) is 86.3 Å². The van der Waals surface area contributed by atoms with Crippen molar-refractivity contribution in [3.63, 3.8) is 0 Å². The van der Waals surface area contributed by atoms with Gasteiger partial charge in [0.15, 0.2) is 0 Å². The molecule has 0 radical (unpaired) electrons. The lowest BCUT2D eigenvalue weighted by atomic mass is 10.1. The Bertz CT molecular complexity index is 652. The van der Waals surface area contributed by atoms with Crippen LogP contribution in [0.3, 0.4) is 0 Å². The lowest BCUT2D eigenvalue weighted by molar-refractivity contribution is -0.141. The van der Waals surface area contributed by atoms with E-state index in [2.05, 4.69) is 10.2 Å². The second kappa shape index (κ2) is 6.89. The Labute approximate surface area is 128 Å². The number of carbonyl (C=O) groups is 2. The molecule has 6 heteroatoms. The van der Waals surface area contributed by atoms with Gasteiger partial charge in [0.1, 0.15) is 5.69 Å². The molecule has 2 N–H and O–H groups in total. The van der Waals surface area contributed by atoms with Crippen molar-refractivity contribution in [2.24, 2.45) is 5.92 Å². The first-order valence-electron chi connectivity index (χ1n) is 7.05. The Kier molecular flexibility index (Phi) is 4.93. The van der Waals surface area contributed by atoms with Gasteiger partial charge in [-0.15, -0.1) is 0 Å². The highest BCUT2D eigenvalue weighted by atomic mass is 16.4. The maximum Gasteiger partial charge on any atom is 0.308 e. The summed E-state index contributed by atoms with van der Waals surface area (Å²) in [7, 11) is 0. The van der Waals surface area contributed by atoms with E-state index in [4.69, 9.17) is 5.11 Å². The second-order valence-corrected chi connectivity index (χ2v) is 5.35. The molecular weight excluding hydrogens is 282 g/mol. The Balaban J connectivity index is 2.20. The van der Waals surface area contributed by atoms with Gasteiger partial charge in [0.25, 0.3) is 5.91 Å². The number of H-pyrrole nitrogens is 1. The fraction of sp³-hybridized carbons (Fsp3) is 0.312. The number of aryl methyl sites for hydroxylation is 1. The van der Waals surface area contributed by atoms with Crippen molar-refractivity contribution in [3.05, 3.63) is 53.3 Å². The van der Waals surface area contributed by atoms with E-state index in [1.165, 1.54) is 4.90 Å². The molecule has 0 aliphatic carbocycles. The molecule has 22 heavy (non-hydrogen) atoms. The molecule has 0 aliphatic heterocycles. The summed E-state index contributed by atoms with van der Waals surface area (Å²) in [6.07, 6.45) is 0. The monoisotopic (exact) mass is 301 g/mol. The molecule has 1 aromatic heterocycles. The molecule has 0 spiro atoms. The fourth-order valence-corrected chi connectivity index (χ4v) is 2.12. The second-order valence-electron chi connectivity index (χ2n) is 5.35. The molecule has 2 aromatic rings. The summed E-state index contributed by atoms with van der Waals surface area (Å²) in [5.41, 5.74) is 2.03. The molecular formula is C16H19N3O3. The van der Waals surface area contributed by atoms with E-state index in [0.29, 0.717) is 12.2 Å². The highest BCUT2D eigenvalue weighted by Crippen LogP contribution is 2.12. The zero-order valence-corrected chi connectivity index (χ0v) is 12.6. The Morgan fingerprint density at radius 3 is 2.55 bits per heavy atom. The quantitative estimate of drug-likeness (QED) is 0.855. The maximum absolute atomic E-state index is 12.6. The summed E-state index contributed by atoms with van der Waals surface area (Å²) < 4.78 is 0. The van der Waals surface area contributed by atoms with E-state index >= 15 is 0 Å². The highest BCUT2D eigenvalue weighted by Gasteiger charge is 2.23. The van der Waals surface area contributed by atoms with Crippen molar-refractivity contribution >= 4 is 11.9 Å². The predicted molar refractivity (Wildman–Crippen MR) is 81.3 cm³/mol. The normalized spacial score (nSPS) is 11.9. The molecule has 0 saturated heterocycles. The highest BCUT2D eigenvalue weighted by molar-refractivity contribution is 5.92. The van der Waals surface area contributed by atoms with Crippen LogP contribution in [0.2, 0.25) is 0 Å². The molecule has 0 unspecified atom stereocenters.